The van der Waals surface area contributed by atoms with Crippen molar-refractivity contribution >= 4 is 23.3 Å². The molecule has 0 aromatic heterocycles. The van der Waals surface area contributed by atoms with Crippen LogP contribution in [0.5, 0.6) is 23.0 Å². The Morgan fingerprint density at radius 3 is 2.48 bits per heavy atom. The van der Waals surface area contributed by atoms with Crippen molar-refractivity contribution in [1.82, 2.24) is 9.80 Å². The number of amides is 3. The molecule has 12 heteroatoms. The number of hydrogen-bond donors (Lipinski definition) is 3. The van der Waals surface area contributed by atoms with Gasteiger partial charge in [-0.25, -0.2) is 4.79 Å². The molecule has 0 bridgehead atoms. The number of urea groups is 1. The molecular formula is C38H50N4O8. The van der Waals surface area contributed by atoms with Gasteiger partial charge in [-0.2, -0.15) is 0 Å². The summed E-state index contributed by atoms with van der Waals surface area (Å²) in [6.07, 6.45) is 2.21. The lowest BCUT2D eigenvalue weighted by Crippen LogP contribution is -2.47. The summed E-state index contributed by atoms with van der Waals surface area (Å²) >= 11 is 0. The first-order valence-electron chi connectivity index (χ1n) is 17.3. The molecule has 0 radical (unpaired) electrons. The van der Waals surface area contributed by atoms with Crippen molar-refractivity contribution in [2.45, 2.75) is 64.8 Å². The van der Waals surface area contributed by atoms with Crippen LogP contribution in [0.25, 0.3) is 0 Å². The van der Waals surface area contributed by atoms with E-state index in [0.717, 1.165) is 36.3 Å². The van der Waals surface area contributed by atoms with E-state index >= 15 is 0 Å². The number of carbonyl (C=O) groups is 2. The Balaban J connectivity index is 1.35. The van der Waals surface area contributed by atoms with Crippen molar-refractivity contribution in [2.75, 3.05) is 57.9 Å². The molecule has 12 nitrogen and oxygen atoms in total. The molecule has 2 aliphatic rings. The number of anilines is 2. The van der Waals surface area contributed by atoms with Gasteiger partial charge in [0.25, 0.3) is 5.91 Å². The van der Waals surface area contributed by atoms with Crippen molar-refractivity contribution in [1.29, 1.82) is 0 Å². The Labute approximate surface area is 294 Å². The lowest BCUT2D eigenvalue weighted by molar-refractivity contribution is -0.0177. The molecule has 0 saturated carbocycles. The first-order chi connectivity index (χ1) is 24.1. The normalized spacial score (nSPS) is 20.3. The van der Waals surface area contributed by atoms with Crippen molar-refractivity contribution < 1.29 is 38.4 Å². The number of likely N-dealkylation sites (N-methyl/N-ethyl adjacent to an activating group) is 1. The molecule has 50 heavy (non-hydrogen) atoms. The number of aliphatic hydroxyl groups is 1. The summed E-state index contributed by atoms with van der Waals surface area (Å²) in [5.41, 5.74) is 2.42. The number of ether oxygens (including phenoxy) is 5. The van der Waals surface area contributed by atoms with Gasteiger partial charge in [-0.1, -0.05) is 13.0 Å². The zero-order chi connectivity index (χ0) is 35.6. The lowest BCUT2D eigenvalue weighted by Gasteiger charge is -2.36. The van der Waals surface area contributed by atoms with E-state index in [1.54, 1.807) is 54.5 Å². The van der Waals surface area contributed by atoms with Gasteiger partial charge in [-0.05, 0) is 100 Å². The van der Waals surface area contributed by atoms with Gasteiger partial charge in [-0.3, -0.25) is 9.69 Å². The first-order valence-corrected chi connectivity index (χ1v) is 17.3. The number of fused-ring (bicyclic) bond motifs is 2. The quantitative estimate of drug-likeness (QED) is 0.248. The third-order valence-electron chi connectivity index (χ3n) is 9.04. The standard InChI is InChI=1S/C38H50N4O8/c1-25-20-42(26(2)23-43)37(44)32-19-30(40-38(45)39-29-10-13-31(46-5)14-11-29)12-16-33(32)50-27(3)8-6-7-17-47-36(25)22-41(4)21-28-9-15-34-35(18-28)49-24-48-34/h9-16,18-19,25-27,36,43H,6-8,17,20-24H2,1-5H3,(H2,39,40,45)/t25-,26+,27+,36-/m0/s1. The maximum absolute atomic E-state index is 14.4. The molecule has 2 aliphatic heterocycles. The molecule has 0 aliphatic carbocycles. The van der Waals surface area contributed by atoms with E-state index in [-0.39, 0.29) is 37.4 Å². The molecule has 4 atom stereocenters. The Morgan fingerprint density at radius 1 is 1.00 bits per heavy atom. The number of aliphatic hydroxyl groups excluding tert-OH is 1. The maximum Gasteiger partial charge on any atom is 0.323 e. The number of rotatable bonds is 9. The average molecular weight is 691 g/mol. The number of benzene rings is 3. The topological polar surface area (TPSA) is 131 Å². The molecule has 2 heterocycles. The van der Waals surface area contributed by atoms with Crippen LogP contribution < -0.4 is 29.6 Å². The zero-order valence-corrected chi connectivity index (χ0v) is 29.6. The lowest BCUT2D eigenvalue weighted by atomic mass is 10.0. The molecule has 3 aromatic carbocycles. The van der Waals surface area contributed by atoms with Crippen LogP contribution in [-0.2, 0) is 11.3 Å². The van der Waals surface area contributed by atoms with E-state index in [2.05, 4.69) is 29.5 Å². The van der Waals surface area contributed by atoms with Crippen LogP contribution in [-0.4, -0.2) is 92.3 Å². The van der Waals surface area contributed by atoms with Gasteiger partial charge in [-0.15, -0.1) is 0 Å². The highest BCUT2D eigenvalue weighted by Crippen LogP contribution is 2.33. The molecule has 0 spiro atoms. The van der Waals surface area contributed by atoms with Crippen LogP contribution in [0.3, 0.4) is 0 Å². The maximum atomic E-state index is 14.4. The van der Waals surface area contributed by atoms with Gasteiger partial charge in [0.2, 0.25) is 6.79 Å². The van der Waals surface area contributed by atoms with Gasteiger partial charge >= 0.3 is 6.03 Å². The highest BCUT2D eigenvalue weighted by Gasteiger charge is 2.30. The minimum absolute atomic E-state index is 0.0741. The molecule has 3 aromatic rings. The van der Waals surface area contributed by atoms with E-state index in [9.17, 15) is 14.7 Å². The van der Waals surface area contributed by atoms with Gasteiger partial charge in [0.15, 0.2) is 11.5 Å². The number of nitrogens with zero attached hydrogens (tertiary/aromatic N) is 2. The average Bonchev–Trinajstić information content (AvgIpc) is 3.58. The second kappa shape index (κ2) is 17.4. The summed E-state index contributed by atoms with van der Waals surface area (Å²) in [5.74, 6) is 2.24. The summed E-state index contributed by atoms with van der Waals surface area (Å²) in [5, 5.41) is 15.9. The monoisotopic (exact) mass is 690 g/mol. The van der Waals surface area contributed by atoms with Crippen LogP contribution in [0.4, 0.5) is 16.2 Å². The third-order valence-corrected chi connectivity index (χ3v) is 9.04. The molecule has 0 fully saturated rings. The van der Waals surface area contributed by atoms with Gasteiger partial charge in [0.05, 0.1) is 37.5 Å². The highest BCUT2D eigenvalue weighted by molar-refractivity contribution is 6.02. The highest BCUT2D eigenvalue weighted by atomic mass is 16.7. The Morgan fingerprint density at radius 2 is 1.72 bits per heavy atom. The van der Waals surface area contributed by atoms with Gasteiger partial charge < -0.3 is 44.3 Å². The van der Waals surface area contributed by atoms with Crippen molar-refractivity contribution in [3.05, 3.63) is 71.8 Å². The van der Waals surface area contributed by atoms with Crippen molar-refractivity contribution in [2.24, 2.45) is 5.92 Å². The predicted octanol–water partition coefficient (Wildman–Crippen LogP) is 6.00. The van der Waals surface area contributed by atoms with E-state index in [0.29, 0.717) is 54.7 Å². The smallest absolute Gasteiger partial charge is 0.323 e. The second-order valence-electron chi connectivity index (χ2n) is 13.2. The molecule has 270 valence electrons. The van der Waals surface area contributed by atoms with Gasteiger partial charge in [0.1, 0.15) is 11.5 Å². The minimum atomic E-state index is -0.481. The van der Waals surface area contributed by atoms with E-state index in [4.69, 9.17) is 23.7 Å². The fraction of sp³-hybridized carbons (Fsp3) is 0.474. The molecular weight excluding hydrogens is 640 g/mol. The summed E-state index contributed by atoms with van der Waals surface area (Å²) in [7, 11) is 3.63. The molecule has 0 unspecified atom stereocenters. The molecule has 3 N–H and O–H groups in total. The minimum Gasteiger partial charge on any atom is -0.497 e. The van der Waals surface area contributed by atoms with Crippen LogP contribution in [0.1, 0.15) is 56.0 Å². The van der Waals surface area contributed by atoms with E-state index in [1.807, 2.05) is 32.0 Å². The summed E-state index contributed by atoms with van der Waals surface area (Å²) in [4.78, 5) is 31.2. The molecule has 5 rings (SSSR count). The molecule has 0 saturated heterocycles. The summed E-state index contributed by atoms with van der Waals surface area (Å²) in [6.45, 7) is 8.15. The van der Waals surface area contributed by atoms with Crippen LogP contribution in [0.15, 0.2) is 60.7 Å². The predicted molar refractivity (Wildman–Crippen MR) is 191 cm³/mol. The SMILES string of the molecule is COc1ccc(NC(=O)Nc2ccc3c(c2)C(=O)N([C@H](C)CO)C[C@H](C)[C@H](CN(C)Cc2ccc4c(c2)OCO4)OCCCC[C@@H](C)O3)cc1. The van der Waals surface area contributed by atoms with Gasteiger partial charge in [0, 0.05) is 43.5 Å². The summed E-state index contributed by atoms with van der Waals surface area (Å²) in [6, 6.07) is 17.1. The second-order valence-corrected chi connectivity index (χ2v) is 13.2. The van der Waals surface area contributed by atoms with Crippen LogP contribution >= 0.6 is 0 Å². The zero-order valence-electron chi connectivity index (χ0n) is 29.6. The van der Waals surface area contributed by atoms with Crippen molar-refractivity contribution in [3.63, 3.8) is 0 Å². The fourth-order valence-electron chi connectivity index (χ4n) is 6.15. The molecule has 3 amide bonds. The number of carbonyl (C=O) groups excluding carboxylic acids is 2. The Kier molecular flexibility index (Phi) is 12.8. The number of methoxy groups -OCH3 is 1. The van der Waals surface area contributed by atoms with Crippen LogP contribution in [0, 0.1) is 5.92 Å². The summed E-state index contributed by atoms with van der Waals surface area (Å²) < 4.78 is 29.1. The first kappa shape index (κ1) is 36.8. The fourth-order valence-corrected chi connectivity index (χ4v) is 6.15. The van der Waals surface area contributed by atoms with E-state index in [1.165, 1.54) is 0 Å². The largest absolute Gasteiger partial charge is 0.497 e. The Bertz CT molecular complexity index is 1590. The number of nitrogens with one attached hydrogen (secondary N) is 2. The van der Waals surface area contributed by atoms with Crippen LogP contribution in [0.2, 0.25) is 0 Å². The van der Waals surface area contributed by atoms with Crippen molar-refractivity contribution in [3.8, 4) is 23.0 Å². The third kappa shape index (κ3) is 9.80. The van der Waals surface area contributed by atoms with E-state index < -0.39 is 12.1 Å². The Hall–Kier alpha value is -4.52. The number of hydrogen-bond acceptors (Lipinski definition) is 9.